The minimum Gasteiger partial charge on any atom is -0.480 e. The molecule has 0 aromatic carbocycles. The van der Waals surface area contributed by atoms with E-state index in [1.807, 2.05) is 20.1 Å². The van der Waals surface area contributed by atoms with Gasteiger partial charge in [-0.05, 0) is 36.7 Å². The summed E-state index contributed by atoms with van der Waals surface area (Å²) in [6.45, 7) is 7.06. The molecule has 0 rings (SSSR count). The van der Waals surface area contributed by atoms with Gasteiger partial charge >= 0.3 is 5.97 Å². The second-order valence-electron chi connectivity index (χ2n) is 8.38. The van der Waals surface area contributed by atoms with Crippen LogP contribution in [-0.2, 0) is 24.0 Å². The highest BCUT2D eigenvalue weighted by Crippen LogP contribution is 2.07. The van der Waals surface area contributed by atoms with Gasteiger partial charge in [-0.25, -0.2) is 4.79 Å². The van der Waals surface area contributed by atoms with Gasteiger partial charge < -0.3 is 32.5 Å². The molecule has 0 heterocycles. The number of nitrogens with two attached hydrogens (primary N) is 2. The summed E-state index contributed by atoms with van der Waals surface area (Å²) >= 11 is 1.44. The Morgan fingerprint density at radius 3 is 1.88 bits per heavy atom. The maximum Gasteiger partial charge on any atom is 0.326 e. The van der Waals surface area contributed by atoms with Crippen LogP contribution in [0.2, 0.25) is 0 Å². The summed E-state index contributed by atoms with van der Waals surface area (Å²) in [5, 5.41) is 16.7. The van der Waals surface area contributed by atoms with Gasteiger partial charge in [-0.15, -0.1) is 0 Å². The van der Waals surface area contributed by atoms with E-state index in [1.165, 1.54) is 11.8 Å². The highest BCUT2D eigenvalue weighted by atomic mass is 32.2. The fourth-order valence-corrected chi connectivity index (χ4v) is 3.32. The Morgan fingerprint density at radius 2 is 1.44 bits per heavy atom. The molecule has 0 aliphatic rings. The molecule has 0 radical (unpaired) electrons. The van der Waals surface area contributed by atoms with Crippen molar-refractivity contribution in [3.05, 3.63) is 0 Å². The number of carboxylic acid groups (broad SMARTS) is 1. The Labute approximate surface area is 193 Å². The SMILES string of the molecule is CSCCC(NC(=O)C(CC(N)=O)NC(=O)C(N)CC(C)C)C(=O)NC(C(=O)O)C(C)C. The molecule has 0 aromatic rings. The second kappa shape index (κ2) is 14.7. The third kappa shape index (κ3) is 11.3. The van der Waals surface area contributed by atoms with E-state index in [-0.39, 0.29) is 18.3 Å². The normalized spacial score (nSPS) is 14.9. The number of carbonyl (C=O) groups excluding carboxylic acids is 4. The third-order valence-corrected chi connectivity index (χ3v) is 5.22. The maximum atomic E-state index is 12.8. The van der Waals surface area contributed by atoms with Crippen molar-refractivity contribution in [3.8, 4) is 0 Å². The Kier molecular flexibility index (Phi) is 13.6. The molecule has 0 saturated heterocycles. The molecule has 4 atom stereocenters. The molecule has 0 saturated carbocycles. The number of rotatable bonds is 15. The van der Waals surface area contributed by atoms with E-state index in [2.05, 4.69) is 16.0 Å². The number of hydrogen-bond acceptors (Lipinski definition) is 7. The standard InChI is InChI=1S/C20H37N5O6S/c1-10(2)8-12(21)17(27)24-14(9-15(22)26)19(29)23-13(6-7-32-5)18(28)25-16(11(3)4)20(30)31/h10-14,16H,6-9,21H2,1-5H3,(H2,22,26)(H,23,29)(H,24,27)(H,25,28)(H,30,31). The fraction of sp³-hybridized carbons (Fsp3) is 0.750. The number of carboxylic acids is 1. The van der Waals surface area contributed by atoms with E-state index in [0.717, 1.165) is 0 Å². The van der Waals surface area contributed by atoms with Gasteiger partial charge in [0.1, 0.15) is 18.1 Å². The number of hydrogen-bond donors (Lipinski definition) is 6. The molecule has 12 heteroatoms. The number of primary amides is 1. The zero-order valence-corrected chi connectivity index (χ0v) is 20.2. The van der Waals surface area contributed by atoms with Gasteiger partial charge in [0.15, 0.2) is 0 Å². The lowest BCUT2D eigenvalue weighted by Gasteiger charge is -2.25. The smallest absolute Gasteiger partial charge is 0.326 e. The van der Waals surface area contributed by atoms with Gasteiger partial charge in [0.2, 0.25) is 23.6 Å². The first-order valence-corrected chi connectivity index (χ1v) is 11.9. The molecule has 4 unspecified atom stereocenters. The quantitative estimate of drug-likeness (QED) is 0.177. The largest absolute Gasteiger partial charge is 0.480 e. The van der Waals surface area contributed by atoms with Crippen molar-refractivity contribution < 1.29 is 29.1 Å². The van der Waals surface area contributed by atoms with Crippen LogP contribution in [0.15, 0.2) is 0 Å². The lowest BCUT2D eigenvalue weighted by molar-refractivity contribution is -0.143. The zero-order valence-electron chi connectivity index (χ0n) is 19.3. The molecule has 8 N–H and O–H groups in total. The molecular formula is C20H37N5O6S. The minimum absolute atomic E-state index is 0.141. The van der Waals surface area contributed by atoms with Crippen LogP contribution < -0.4 is 27.4 Å². The van der Waals surface area contributed by atoms with E-state index in [0.29, 0.717) is 12.2 Å². The van der Waals surface area contributed by atoms with Gasteiger partial charge in [0.25, 0.3) is 0 Å². The van der Waals surface area contributed by atoms with Gasteiger partial charge in [0.05, 0.1) is 12.5 Å². The summed E-state index contributed by atoms with van der Waals surface area (Å²) in [6, 6.07) is -4.39. The Hall–Kier alpha value is -2.34. The summed E-state index contributed by atoms with van der Waals surface area (Å²) in [7, 11) is 0. The summed E-state index contributed by atoms with van der Waals surface area (Å²) in [5.41, 5.74) is 11.1. The van der Waals surface area contributed by atoms with Gasteiger partial charge in [-0.2, -0.15) is 11.8 Å². The van der Waals surface area contributed by atoms with Crippen molar-refractivity contribution in [2.24, 2.45) is 23.3 Å². The molecule has 0 bridgehead atoms. The molecule has 0 aromatic heterocycles. The van der Waals surface area contributed by atoms with Crippen molar-refractivity contribution in [2.45, 2.75) is 71.1 Å². The van der Waals surface area contributed by atoms with Crippen LogP contribution >= 0.6 is 11.8 Å². The number of carbonyl (C=O) groups is 5. The molecular weight excluding hydrogens is 438 g/mol. The van der Waals surface area contributed by atoms with Crippen LogP contribution in [0.25, 0.3) is 0 Å². The third-order valence-electron chi connectivity index (χ3n) is 4.57. The molecule has 11 nitrogen and oxygen atoms in total. The molecule has 0 aliphatic carbocycles. The number of nitrogens with one attached hydrogen (secondary N) is 3. The summed E-state index contributed by atoms with van der Waals surface area (Å²) in [6.07, 6.45) is 1.93. The minimum atomic E-state index is -1.32. The zero-order chi connectivity index (χ0) is 25.0. The van der Waals surface area contributed by atoms with Gasteiger partial charge in [0, 0.05) is 0 Å². The topological polar surface area (TPSA) is 194 Å². The summed E-state index contributed by atoms with van der Waals surface area (Å²) in [5.74, 6) is -3.82. The first-order chi connectivity index (χ1) is 14.8. The average Bonchev–Trinajstić information content (AvgIpc) is 2.66. The maximum absolute atomic E-state index is 12.8. The van der Waals surface area contributed by atoms with Crippen molar-refractivity contribution in [3.63, 3.8) is 0 Å². The number of thioether (sulfide) groups is 1. The Balaban J connectivity index is 5.46. The van der Waals surface area contributed by atoms with Gasteiger partial charge in [-0.1, -0.05) is 27.7 Å². The lowest BCUT2D eigenvalue weighted by Crippen LogP contribution is -2.58. The van der Waals surface area contributed by atoms with Crippen molar-refractivity contribution in [1.82, 2.24) is 16.0 Å². The lowest BCUT2D eigenvalue weighted by atomic mass is 10.0. The summed E-state index contributed by atoms with van der Waals surface area (Å²) < 4.78 is 0. The van der Waals surface area contributed by atoms with Crippen molar-refractivity contribution >= 4 is 41.4 Å². The average molecular weight is 476 g/mol. The van der Waals surface area contributed by atoms with Crippen LogP contribution in [0.5, 0.6) is 0 Å². The van der Waals surface area contributed by atoms with Gasteiger partial charge in [-0.3, -0.25) is 19.2 Å². The second-order valence-corrected chi connectivity index (χ2v) is 9.36. The first kappa shape index (κ1) is 29.7. The van der Waals surface area contributed by atoms with E-state index >= 15 is 0 Å². The molecule has 4 amide bonds. The van der Waals surface area contributed by atoms with Crippen molar-refractivity contribution in [1.29, 1.82) is 0 Å². The number of amides is 4. The Bertz CT molecular complexity index is 673. The molecule has 0 spiro atoms. The molecule has 0 aliphatic heterocycles. The number of aliphatic carboxylic acids is 1. The van der Waals surface area contributed by atoms with Crippen LogP contribution in [0.3, 0.4) is 0 Å². The van der Waals surface area contributed by atoms with Crippen LogP contribution in [0, 0.1) is 11.8 Å². The van der Waals surface area contributed by atoms with E-state index in [1.54, 1.807) is 13.8 Å². The predicted octanol–water partition coefficient (Wildman–Crippen LogP) is -0.817. The van der Waals surface area contributed by atoms with Crippen LogP contribution in [-0.4, -0.2) is 70.9 Å². The van der Waals surface area contributed by atoms with Crippen LogP contribution in [0.4, 0.5) is 0 Å². The van der Waals surface area contributed by atoms with Crippen LogP contribution in [0.1, 0.15) is 47.0 Å². The predicted molar refractivity (Wildman–Crippen MR) is 123 cm³/mol. The Morgan fingerprint density at radius 1 is 0.906 bits per heavy atom. The van der Waals surface area contributed by atoms with E-state index in [4.69, 9.17) is 11.5 Å². The monoisotopic (exact) mass is 475 g/mol. The highest BCUT2D eigenvalue weighted by molar-refractivity contribution is 7.98. The van der Waals surface area contributed by atoms with E-state index in [9.17, 15) is 29.1 Å². The highest BCUT2D eigenvalue weighted by Gasteiger charge is 2.31. The molecule has 32 heavy (non-hydrogen) atoms. The first-order valence-electron chi connectivity index (χ1n) is 10.5. The van der Waals surface area contributed by atoms with E-state index < -0.39 is 60.2 Å². The van der Waals surface area contributed by atoms with Crippen molar-refractivity contribution in [2.75, 3.05) is 12.0 Å². The molecule has 0 fully saturated rings. The summed E-state index contributed by atoms with van der Waals surface area (Å²) in [4.78, 5) is 60.7. The molecule has 184 valence electrons. The fourth-order valence-electron chi connectivity index (χ4n) is 2.85.